The van der Waals surface area contributed by atoms with E-state index in [1.165, 1.54) is 4.88 Å². The van der Waals surface area contributed by atoms with E-state index in [9.17, 15) is 0 Å². The molecule has 0 aromatic carbocycles. The zero-order chi connectivity index (χ0) is 16.7. The highest BCUT2D eigenvalue weighted by Gasteiger charge is 2.26. The van der Waals surface area contributed by atoms with Crippen LogP contribution in [0.1, 0.15) is 38.1 Å². The van der Waals surface area contributed by atoms with Gasteiger partial charge in [0, 0.05) is 24.5 Å². The molecule has 0 amide bonds. The molecule has 3 N–H and O–H groups in total. The van der Waals surface area contributed by atoms with E-state index in [0.717, 1.165) is 32.7 Å². The Bertz CT molecular complexity index is 481. The Morgan fingerprint density at radius 3 is 2.96 bits per heavy atom. The Balaban J connectivity index is 0.00000288. The molecular weight excluding hydrogens is 435 g/mol. The molecule has 0 aliphatic carbocycles. The van der Waals surface area contributed by atoms with Crippen LogP contribution in [-0.2, 0) is 4.74 Å². The van der Waals surface area contributed by atoms with Crippen molar-refractivity contribution in [2.24, 2.45) is 16.6 Å². The van der Waals surface area contributed by atoms with E-state index in [1.54, 1.807) is 11.3 Å². The first kappa shape index (κ1) is 21.7. The van der Waals surface area contributed by atoms with Crippen molar-refractivity contribution in [2.45, 2.75) is 39.3 Å². The maximum atomic E-state index is 6.02. The second kappa shape index (κ2) is 11.3. The molecule has 2 atom stereocenters. The molecule has 7 heteroatoms. The maximum Gasteiger partial charge on any atom is 0.188 e. The molecule has 1 aromatic heterocycles. The van der Waals surface area contributed by atoms with E-state index in [4.69, 9.17) is 10.5 Å². The zero-order valence-electron chi connectivity index (χ0n) is 14.9. The number of halogens is 1. The molecule has 138 valence electrons. The van der Waals surface area contributed by atoms with Crippen molar-refractivity contribution >= 4 is 41.3 Å². The second-order valence-electron chi connectivity index (χ2n) is 6.54. The molecule has 1 aliphatic heterocycles. The van der Waals surface area contributed by atoms with Gasteiger partial charge in [-0.2, -0.15) is 0 Å². The number of guanidine groups is 1. The summed E-state index contributed by atoms with van der Waals surface area (Å²) in [6.07, 6.45) is 1.38. The highest BCUT2D eigenvalue weighted by molar-refractivity contribution is 14.0. The molecule has 1 fully saturated rings. The lowest BCUT2D eigenvalue weighted by Gasteiger charge is -2.36. The Labute approximate surface area is 167 Å². The van der Waals surface area contributed by atoms with Crippen LogP contribution in [0.5, 0.6) is 0 Å². The third-order valence-corrected chi connectivity index (χ3v) is 5.02. The van der Waals surface area contributed by atoms with Crippen molar-refractivity contribution in [2.75, 3.05) is 32.8 Å². The van der Waals surface area contributed by atoms with Gasteiger partial charge >= 0.3 is 0 Å². The summed E-state index contributed by atoms with van der Waals surface area (Å²) in [5.41, 5.74) is 6.02. The Morgan fingerprint density at radius 1 is 1.54 bits per heavy atom. The highest BCUT2D eigenvalue weighted by Crippen LogP contribution is 2.27. The maximum absolute atomic E-state index is 6.02. The summed E-state index contributed by atoms with van der Waals surface area (Å²) in [5.74, 6) is 1.22. The zero-order valence-corrected chi connectivity index (χ0v) is 18.1. The number of hydrogen-bond acceptors (Lipinski definition) is 4. The number of ether oxygens (including phenoxy) is 1. The molecule has 0 radical (unpaired) electrons. The van der Waals surface area contributed by atoms with Gasteiger partial charge in [-0.05, 0) is 30.7 Å². The molecule has 1 aliphatic rings. The van der Waals surface area contributed by atoms with Crippen LogP contribution in [-0.4, -0.2) is 49.7 Å². The van der Waals surface area contributed by atoms with Crippen molar-refractivity contribution in [3.63, 3.8) is 0 Å². The van der Waals surface area contributed by atoms with Gasteiger partial charge in [-0.25, -0.2) is 0 Å². The summed E-state index contributed by atoms with van der Waals surface area (Å²) < 4.78 is 5.67. The van der Waals surface area contributed by atoms with Gasteiger partial charge in [0.15, 0.2) is 5.96 Å². The lowest BCUT2D eigenvalue weighted by molar-refractivity contribution is -0.0327. The average molecular weight is 466 g/mol. The molecule has 24 heavy (non-hydrogen) atoms. The second-order valence-corrected chi connectivity index (χ2v) is 7.52. The monoisotopic (exact) mass is 466 g/mol. The van der Waals surface area contributed by atoms with Gasteiger partial charge < -0.3 is 15.8 Å². The lowest BCUT2D eigenvalue weighted by atomic mass is 10.1. The van der Waals surface area contributed by atoms with Crippen molar-refractivity contribution in [1.82, 2.24) is 10.2 Å². The molecule has 1 aromatic rings. The van der Waals surface area contributed by atoms with E-state index < -0.39 is 0 Å². The van der Waals surface area contributed by atoms with Crippen molar-refractivity contribution in [3.05, 3.63) is 22.4 Å². The molecule has 0 bridgehead atoms. The lowest BCUT2D eigenvalue weighted by Crippen LogP contribution is -2.44. The Morgan fingerprint density at radius 2 is 2.33 bits per heavy atom. The van der Waals surface area contributed by atoms with E-state index in [0.29, 0.717) is 18.4 Å². The summed E-state index contributed by atoms with van der Waals surface area (Å²) >= 11 is 1.79. The average Bonchev–Trinajstić information content (AvgIpc) is 3.01. The number of aliphatic imine (C=N–C) groups is 1. The molecule has 0 saturated carbocycles. The Kier molecular flexibility index (Phi) is 10.2. The summed E-state index contributed by atoms with van der Waals surface area (Å²) in [5, 5.41) is 5.34. The van der Waals surface area contributed by atoms with Crippen molar-refractivity contribution in [3.8, 4) is 0 Å². The smallest absolute Gasteiger partial charge is 0.188 e. The van der Waals surface area contributed by atoms with Gasteiger partial charge in [-0.3, -0.25) is 9.89 Å². The first-order valence-corrected chi connectivity index (χ1v) is 9.37. The highest BCUT2D eigenvalue weighted by atomic mass is 127. The van der Waals surface area contributed by atoms with Crippen molar-refractivity contribution < 1.29 is 4.74 Å². The minimum atomic E-state index is 0. The number of hydrogen-bond donors (Lipinski definition) is 2. The summed E-state index contributed by atoms with van der Waals surface area (Å²) in [6.45, 7) is 10.8. The number of nitrogens with zero attached hydrogens (tertiary/aromatic N) is 2. The molecule has 1 saturated heterocycles. The first-order valence-electron chi connectivity index (χ1n) is 8.49. The van der Waals surface area contributed by atoms with Gasteiger partial charge in [-0.15, -0.1) is 35.3 Å². The number of rotatable bonds is 7. The fourth-order valence-corrected chi connectivity index (χ4v) is 3.58. The Hall–Kier alpha value is -0.380. The summed E-state index contributed by atoms with van der Waals surface area (Å²) in [4.78, 5) is 8.39. The van der Waals surface area contributed by atoms with Crippen LogP contribution in [0.4, 0.5) is 0 Å². The minimum absolute atomic E-state index is 0. The molecule has 0 spiro atoms. The van der Waals surface area contributed by atoms with Crippen LogP contribution in [0, 0.1) is 5.92 Å². The molecular formula is C17H31IN4OS. The van der Waals surface area contributed by atoms with Crippen LogP contribution in [0.3, 0.4) is 0 Å². The number of thiophene rings is 1. The van der Waals surface area contributed by atoms with Crippen LogP contribution in [0.2, 0.25) is 0 Å². The third-order valence-electron chi connectivity index (χ3n) is 4.05. The largest absolute Gasteiger partial charge is 0.376 e. The van der Waals surface area contributed by atoms with Gasteiger partial charge in [0.05, 0.1) is 25.3 Å². The number of nitrogens with one attached hydrogen (secondary N) is 1. The predicted molar refractivity (Wildman–Crippen MR) is 113 cm³/mol. The fraction of sp³-hybridized carbons (Fsp3) is 0.706. The van der Waals surface area contributed by atoms with Crippen LogP contribution in [0.25, 0.3) is 0 Å². The topological polar surface area (TPSA) is 62.9 Å². The standard InChI is InChI=1S/C17H30N4OS.HI/c1-13(2)6-7-19-17(18)20-11-15(16-5-4-10-23-16)21-8-9-22-14(3)12-21;/h4-5,10,13-15H,6-9,11-12H2,1-3H3,(H3,18,19,20);1H. The SMILES string of the molecule is CC(C)CCNC(N)=NCC(c1cccs1)N1CCOC(C)C1.I. The predicted octanol–water partition coefficient (Wildman–Crippen LogP) is 3.08. The van der Waals surface area contributed by atoms with Crippen LogP contribution < -0.4 is 11.1 Å². The quantitative estimate of drug-likeness (QED) is 0.369. The van der Waals surface area contributed by atoms with Gasteiger partial charge in [0.25, 0.3) is 0 Å². The normalized spacial score (nSPS) is 20.7. The first-order chi connectivity index (χ1) is 11.1. The molecule has 2 heterocycles. The van der Waals surface area contributed by atoms with E-state index >= 15 is 0 Å². The van der Waals surface area contributed by atoms with Crippen LogP contribution >= 0.6 is 35.3 Å². The van der Waals surface area contributed by atoms with E-state index in [-0.39, 0.29) is 36.1 Å². The van der Waals surface area contributed by atoms with E-state index in [1.807, 2.05) is 0 Å². The number of nitrogens with two attached hydrogens (primary N) is 1. The third kappa shape index (κ3) is 7.25. The minimum Gasteiger partial charge on any atom is -0.376 e. The molecule has 5 nitrogen and oxygen atoms in total. The fourth-order valence-electron chi connectivity index (χ4n) is 2.72. The summed E-state index contributed by atoms with van der Waals surface area (Å²) in [7, 11) is 0. The van der Waals surface area contributed by atoms with E-state index in [2.05, 4.69) is 53.5 Å². The molecule has 2 unspecified atom stereocenters. The van der Waals surface area contributed by atoms with Gasteiger partial charge in [-0.1, -0.05) is 19.9 Å². The molecule has 2 rings (SSSR count). The van der Waals surface area contributed by atoms with Crippen molar-refractivity contribution in [1.29, 1.82) is 0 Å². The number of morpholine rings is 1. The van der Waals surface area contributed by atoms with Gasteiger partial charge in [0.1, 0.15) is 0 Å². The summed E-state index contributed by atoms with van der Waals surface area (Å²) in [6, 6.07) is 4.57. The van der Waals surface area contributed by atoms with Crippen LogP contribution in [0.15, 0.2) is 22.5 Å². The van der Waals surface area contributed by atoms with Gasteiger partial charge in [0.2, 0.25) is 0 Å².